The molecule has 0 radical (unpaired) electrons. The lowest BCUT2D eigenvalue weighted by Gasteiger charge is -2.28. The summed E-state index contributed by atoms with van der Waals surface area (Å²) in [7, 11) is 0. The average Bonchev–Trinajstić information content (AvgIpc) is 3.87. The molecule has 1 aromatic rings. The van der Waals surface area contributed by atoms with Crippen molar-refractivity contribution >= 4 is 64.9 Å². The predicted molar refractivity (Wildman–Crippen MR) is 270 cm³/mol. The number of aliphatic imine (C=N–C) groups is 2. The second-order valence-corrected chi connectivity index (χ2v) is 17.5. The van der Waals surface area contributed by atoms with Crippen LogP contribution in [0.3, 0.4) is 0 Å². The van der Waals surface area contributed by atoms with E-state index in [1.165, 1.54) is 13.0 Å². The van der Waals surface area contributed by atoms with E-state index in [2.05, 4.69) is 41.9 Å². The number of hydrogen-bond donors (Lipinski definition) is 15. The zero-order chi connectivity index (χ0) is 56.2. The Morgan fingerprint density at radius 1 is 0.813 bits per heavy atom. The smallest absolute Gasteiger partial charge is 0.352 e. The summed E-state index contributed by atoms with van der Waals surface area (Å²) in [6.45, 7) is 0.663. The molecule has 0 saturated carbocycles. The molecule has 29 heteroatoms. The number of aliphatic carboxylic acids is 1. The number of nitrogens with one attached hydrogen (secondary N) is 6. The van der Waals surface area contributed by atoms with Gasteiger partial charge in [-0.05, 0) is 108 Å². The fourth-order valence-electron chi connectivity index (χ4n) is 7.40. The summed E-state index contributed by atoms with van der Waals surface area (Å²) in [4.78, 5) is 129. The highest BCUT2D eigenvalue weighted by Crippen LogP contribution is 2.20. The van der Waals surface area contributed by atoms with Crippen molar-refractivity contribution in [2.24, 2.45) is 50.1 Å². The van der Waals surface area contributed by atoms with Crippen LogP contribution in [0.25, 0.3) is 0 Å². The number of aliphatic hydroxyl groups is 1. The summed E-state index contributed by atoms with van der Waals surface area (Å²) in [5.74, 6) is -11.5. The number of carbonyl (C=O) groups excluding carboxylic acids is 8. The van der Waals surface area contributed by atoms with E-state index < -0.39 is 132 Å². The summed E-state index contributed by atoms with van der Waals surface area (Å²) in [6, 6.07) is -5.48. The number of hydrogen-bond acceptors (Lipinski definition) is 16. The van der Waals surface area contributed by atoms with Gasteiger partial charge in [-0.3, -0.25) is 43.3 Å². The molecule has 0 bridgehead atoms. The number of unbranched alkanes of at least 4 members (excludes halogenated alkanes) is 2. The number of carboxylic acid groups (broad SMARTS) is 1. The van der Waals surface area contributed by atoms with Crippen molar-refractivity contribution in [1.29, 1.82) is 0 Å². The van der Waals surface area contributed by atoms with E-state index in [0.29, 0.717) is 25.8 Å². The number of guanidine groups is 1. The Bertz CT molecular complexity index is 2230. The van der Waals surface area contributed by atoms with Gasteiger partial charge in [0.15, 0.2) is 17.6 Å². The molecule has 27 nitrogen and oxygen atoms in total. The number of carbonyl (C=O) groups is 9. The van der Waals surface area contributed by atoms with E-state index in [9.17, 15) is 62.1 Å². The van der Waals surface area contributed by atoms with Gasteiger partial charge in [-0.2, -0.15) is 0 Å². The van der Waals surface area contributed by atoms with Crippen molar-refractivity contribution in [1.82, 2.24) is 36.8 Å². The molecule has 1 heterocycles. The van der Waals surface area contributed by atoms with Gasteiger partial charge in [0.25, 0.3) is 11.8 Å². The lowest BCUT2D eigenvalue weighted by Crippen LogP contribution is -2.60. The maximum atomic E-state index is 14.4. The maximum absolute atomic E-state index is 14.4. The van der Waals surface area contributed by atoms with E-state index in [1.54, 1.807) is 0 Å². The van der Waals surface area contributed by atoms with Gasteiger partial charge in [-0.15, -0.1) is 0 Å². The Hall–Kier alpha value is -7.05. The van der Waals surface area contributed by atoms with Gasteiger partial charge >= 0.3 is 5.97 Å². The number of rotatable bonds is 33. The second-order valence-electron chi connectivity index (χ2n) is 17.5. The molecule has 7 atom stereocenters. The lowest BCUT2D eigenvalue weighted by atomic mass is 10.0. The molecule has 22 N–H and O–H groups in total. The minimum absolute atomic E-state index is 0.00583. The normalized spacial score (nSPS) is 16.0. The second kappa shape index (κ2) is 33.7. The Kier molecular flexibility index (Phi) is 28.8. The van der Waals surface area contributed by atoms with Gasteiger partial charge in [0.1, 0.15) is 41.6 Å². The van der Waals surface area contributed by atoms with Gasteiger partial charge in [-0.1, -0.05) is 18.6 Å². The highest BCUT2D eigenvalue weighted by Gasteiger charge is 2.38. The fraction of sp³-hybridized carbons (Fsp3) is 0.587. The van der Waals surface area contributed by atoms with Crippen LogP contribution < -0.4 is 72.0 Å². The number of nitrogens with two attached hydrogens (primary N) is 7. The predicted octanol–water partition coefficient (Wildman–Crippen LogP) is -5.07. The van der Waals surface area contributed by atoms with Crippen LogP contribution in [0.2, 0.25) is 0 Å². The SMILES string of the molecule is C[C@H](NC(=O)[C@@H](NC(=O)[C@@H](N)CCCCN)[C@@H](O)CN)C(=O)NCC(=O)N=C(CCCN)C(=O)N1CCC[C@H]1C(=O)N[C@@H](Cc1ccc(F)c(F)c1)C(=O)N[C@@H](CCCCN)C(=O)N/C(=C\CCN=C(N)N)C(=O)O. The molecule has 75 heavy (non-hydrogen) atoms. The number of nitrogens with zero attached hydrogens (tertiary/aromatic N) is 3. The van der Waals surface area contributed by atoms with Crippen molar-refractivity contribution in [3.63, 3.8) is 0 Å². The highest BCUT2D eigenvalue weighted by atomic mass is 19.2. The van der Waals surface area contributed by atoms with Crippen molar-refractivity contribution in [3.05, 3.63) is 47.2 Å². The zero-order valence-electron chi connectivity index (χ0n) is 42.0. The molecular weight excluding hydrogens is 991 g/mol. The molecule has 0 spiro atoms. The average molecular weight is 1070 g/mol. The lowest BCUT2D eigenvalue weighted by molar-refractivity contribution is -0.137. The van der Waals surface area contributed by atoms with Gasteiger partial charge < -0.3 is 87.1 Å². The third-order valence-electron chi connectivity index (χ3n) is 11.5. The molecule has 0 aliphatic carbocycles. The molecule has 1 aliphatic rings. The molecule has 8 amide bonds. The van der Waals surface area contributed by atoms with Gasteiger partial charge in [0, 0.05) is 26.1 Å². The number of aliphatic hydroxyl groups excluding tert-OH is 1. The first-order chi connectivity index (χ1) is 35.6. The van der Waals surface area contributed by atoms with Crippen LogP contribution in [0.4, 0.5) is 8.78 Å². The van der Waals surface area contributed by atoms with Gasteiger partial charge in [0.2, 0.25) is 35.4 Å². The molecule has 0 unspecified atom stereocenters. The number of carboxylic acids is 1. The molecular formula is C46H74F2N16O11. The molecule has 418 valence electrons. The number of benzene rings is 1. The zero-order valence-corrected chi connectivity index (χ0v) is 42.0. The van der Waals surface area contributed by atoms with E-state index in [0.717, 1.165) is 23.1 Å². The van der Waals surface area contributed by atoms with Crippen molar-refractivity contribution in [2.75, 3.05) is 45.8 Å². The van der Waals surface area contributed by atoms with E-state index in [1.807, 2.05) is 0 Å². The minimum atomic E-state index is -1.60. The Balaban J connectivity index is 2.33. The van der Waals surface area contributed by atoms with E-state index >= 15 is 0 Å². The van der Waals surface area contributed by atoms with Crippen LogP contribution >= 0.6 is 0 Å². The number of amides is 8. The van der Waals surface area contributed by atoms with Crippen LogP contribution in [0.15, 0.2) is 40.0 Å². The Labute approximate surface area is 432 Å². The molecule has 1 saturated heterocycles. The summed E-state index contributed by atoms with van der Waals surface area (Å²) < 4.78 is 28.4. The van der Waals surface area contributed by atoms with Crippen LogP contribution in [0, 0.1) is 11.6 Å². The Morgan fingerprint density at radius 3 is 2.09 bits per heavy atom. The number of halogens is 2. The first-order valence-corrected chi connectivity index (χ1v) is 24.5. The quantitative estimate of drug-likeness (QED) is 0.0136. The summed E-state index contributed by atoms with van der Waals surface area (Å²) in [5.41, 5.74) is 38.1. The van der Waals surface area contributed by atoms with Crippen LogP contribution in [0.1, 0.15) is 83.1 Å². The third-order valence-corrected chi connectivity index (χ3v) is 11.5. The Morgan fingerprint density at radius 2 is 1.48 bits per heavy atom. The topological polar surface area (TPSA) is 476 Å². The molecule has 1 fully saturated rings. The summed E-state index contributed by atoms with van der Waals surface area (Å²) >= 11 is 0. The van der Waals surface area contributed by atoms with Crippen molar-refractivity contribution in [2.45, 2.75) is 126 Å². The minimum Gasteiger partial charge on any atom is -0.477 e. The fourth-order valence-corrected chi connectivity index (χ4v) is 7.40. The van der Waals surface area contributed by atoms with Crippen LogP contribution in [0.5, 0.6) is 0 Å². The first kappa shape index (κ1) is 64.1. The third kappa shape index (κ3) is 22.5. The van der Waals surface area contributed by atoms with Crippen LogP contribution in [-0.2, 0) is 49.6 Å². The van der Waals surface area contributed by atoms with Gasteiger partial charge in [-0.25, -0.2) is 18.6 Å². The first-order valence-electron chi connectivity index (χ1n) is 24.5. The molecule has 1 aromatic carbocycles. The molecule has 1 aliphatic heterocycles. The standard InChI is InChI=1S/C46H74F2N16O11/c1-25(58-43(72)37(35(65)23-52)63-39(68)29(53)9-2-4-16-49)38(67)57-24-36(66)59-31(11-6-18-51)44(73)64-20-8-13-34(64)42(71)62-33(22-26-14-15-27(47)28(48)21-26)41(70)60-30(10-3-5-17-50)40(69)61-32(45(74)75)12-7-19-56-46(54)55/h12,14-15,21,25,29-30,33-35,37,65H,2-11,13,16-20,22-24,49-53H2,1H3,(H,57,67)(H,58,72)(H,60,70)(H,61,69)(H,62,71)(H,63,68)(H,74,75)(H4,54,55,56)/b32-12-,59-31?/t25-,29-,30-,33-,34-,35-,37-/m0/s1. The number of likely N-dealkylation sites (tertiary alicyclic amines) is 1. The van der Waals surface area contributed by atoms with E-state index in [4.69, 9.17) is 40.1 Å². The highest BCUT2D eigenvalue weighted by molar-refractivity contribution is 6.40. The van der Waals surface area contributed by atoms with Crippen molar-refractivity contribution in [3.8, 4) is 0 Å². The summed E-state index contributed by atoms with van der Waals surface area (Å²) in [5, 5.41) is 34.5. The monoisotopic (exact) mass is 1060 g/mol. The maximum Gasteiger partial charge on any atom is 0.352 e. The molecule has 2 rings (SSSR count). The van der Waals surface area contributed by atoms with E-state index in [-0.39, 0.29) is 94.8 Å². The summed E-state index contributed by atoms with van der Waals surface area (Å²) in [6.07, 6.45) is 1.48. The van der Waals surface area contributed by atoms with Gasteiger partial charge in [0.05, 0.1) is 18.7 Å². The molecule has 0 aromatic heterocycles. The van der Waals surface area contributed by atoms with Crippen molar-refractivity contribution < 1.29 is 62.1 Å². The van der Waals surface area contributed by atoms with Crippen LogP contribution in [-0.4, -0.2) is 168 Å². The largest absolute Gasteiger partial charge is 0.477 e.